The highest BCUT2D eigenvalue weighted by molar-refractivity contribution is 8.18. The molecule has 0 spiro atoms. The number of nitrogens with zero attached hydrogens (tertiary/aromatic N) is 1. The lowest BCUT2D eigenvalue weighted by Gasteiger charge is -2.12. The first-order valence-corrected chi connectivity index (χ1v) is 9.13. The maximum atomic E-state index is 12.6. The Morgan fingerprint density at radius 2 is 1.93 bits per heavy atom. The van der Waals surface area contributed by atoms with Gasteiger partial charge in [-0.1, -0.05) is 48.0 Å². The predicted molar refractivity (Wildman–Crippen MR) is 104 cm³/mol. The molecule has 1 aliphatic heterocycles. The summed E-state index contributed by atoms with van der Waals surface area (Å²) in [6.07, 6.45) is 1.60. The summed E-state index contributed by atoms with van der Waals surface area (Å²) in [7, 11) is 0. The second-order valence-corrected chi connectivity index (χ2v) is 7.10. The summed E-state index contributed by atoms with van der Waals surface area (Å²) in [5, 5.41) is -0.0453. The minimum atomic E-state index is -0.609. The van der Waals surface area contributed by atoms with Gasteiger partial charge in [-0.05, 0) is 41.1 Å². The van der Waals surface area contributed by atoms with Crippen molar-refractivity contribution in [2.75, 3.05) is 6.61 Å². The minimum Gasteiger partial charge on any atom is -0.482 e. The Morgan fingerprint density at radius 3 is 2.59 bits per heavy atom. The number of hydrogen-bond acceptors (Lipinski definition) is 5. The molecule has 1 saturated heterocycles. The predicted octanol–water partition coefficient (Wildman–Crippen LogP) is 3.44. The molecule has 0 bridgehead atoms. The highest BCUT2D eigenvalue weighted by atomic mass is 35.5. The fourth-order valence-electron chi connectivity index (χ4n) is 2.43. The van der Waals surface area contributed by atoms with Crippen LogP contribution in [0.5, 0.6) is 5.75 Å². The molecule has 0 unspecified atom stereocenters. The van der Waals surface area contributed by atoms with Crippen molar-refractivity contribution < 1.29 is 19.1 Å². The van der Waals surface area contributed by atoms with E-state index in [9.17, 15) is 14.4 Å². The number of benzene rings is 2. The van der Waals surface area contributed by atoms with E-state index in [0.29, 0.717) is 16.2 Å². The molecule has 2 aromatic rings. The monoisotopic (exact) mass is 402 g/mol. The number of ether oxygens (including phenoxy) is 1. The molecule has 6 nitrogen and oxygen atoms in total. The van der Waals surface area contributed by atoms with Gasteiger partial charge in [0.2, 0.25) is 0 Å². The molecule has 1 aliphatic rings. The number of thioether (sulfide) groups is 1. The highest BCUT2D eigenvalue weighted by Gasteiger charge is 2.34. The third kappa shape index (κ3) is 4.69. The molecule has 138 valence electrons. The molecule has 0 atom stereocenters. The number of carbonyl (C=O) groups is 3. The van der Waals surface area contributed by atoms with E-state index in [0.717, 1.165) is 17.3 Å². The van der Waals surface area contributed by atoms with E-state index < -0.39 is 5.91 Å². The zero-order chi connectivity index (χ0) is 19.4. The van der Waals surface area contributed by atoms with Crippen LogP contribution in [0.1, 0.15) is 11.1 Å². The number of carbonyl (C=O) groups excluding carboxylic acids is 3. The van der Waals surface area contributed by atoms with Crippen LogP contribution in [0.3, 0.4) is 0 Å². The number of amides is 3. The zero-order valence-corrected chi connectivity index (χ0v) is 15.6. The van der Waals surface area contributed by atoms with E-state index >= 15 is 0 Å². The third-order valence-corrected chi connectivity index (χ3v) is 4.88. The number of nitrogens with two attached hydrogens (primary N) is 1. The third-order valence-electron chi connectivity index (χ3n) is 3.68. The molecule has 27 heavy (non-hydrogen) atoms. The Bertz CT molecular complexity index is 931. The lowest BCUT2D eigenvalue weighted by atomic mass is 10.2. The van der Waals surface area contributed by atoms with Gasteiger partial charge in [-0.25, -0.2) is 0 Å². The van der Waals surface area contributed by atoms with Gasteiger partial charge < -0.3 is 10.5 Å². The maximum Gasteiger partial charge on any atom is 0.293 e. The summed E-state index contributed by atoms with van der Waals surface area (Å²) >= 11 is 7.01. The Balaban J connectivity index is 1.75. The van der Waals surface area contributed by atoms with Gasteiger partial charge in [-0.3, -0.25) is 19.3 Å². The summed E-state index contributed by atoms with van der Waals surface area (Å²) in [5.74, 6) is -0.647. The average Bonchev–Trinajstić information content (AvgIpc) is 2.89. The van der Waals surface area contributed by atoms with Crippen LogP contribution in [-0.2, 0) is 16.1 Å². The van der Waals surface area contributed by atoms with Gasteiger partial charge in [-0.2, -0.15) is 0 Å². The van der Waals surface area contributed by atoms with Crippen molar-refractivity contribution in [2.45, 2.75) is 6.54 Å². The molecule has 0 aliphatic carbocycles. The van der Waals surface area contributed by atoms with Crippen molar-refractivity contribution in [3.05, 3.63) is 69.6 Å². The second-order valence-electron chi connectivity index (χ2n) is 5.70. The van der Waals surface area contributed by atoms with Crippen LogP contribution in [0, 0.1) is 0 Å². The lowest BCUT2D eigenvalue weighted by Crippen LogP contribution is -2.27. The molecule has 0 saturated carbocycles. The van der Waals surface area contributed by atoms with Crippen molar-refractivity contribution in [3.63, 3.8) is 0 Å². The summed E-state index contributed by atoms with van der Waals surface area (Å²) in [6, 6.07) is 14.1. The van der Waals surface area contributed by atoms with E-state index in [2.05, 4.69) is 0 Å². The summed E-state index contributed by atoms with van der Waals surface area (Å²) in [4.78, 5) is 37.1. The van der Waals surface area contributed by atoms with Crippen LogP contribution in [0.2, 0.25) is 5.02 Å². The van der Waals surface area contributed by atoms with Gasteiger partial charge >= 0.3 is 0 Å². The minimum absolute atomic E-state index is 0.226. The van der Waals surface area contributed by atoms with Gasteiger partial charge in [0.15, 0.2) is 6.61 Å². The quantitative estimate of drug-likeness (QED) is 0.747. The van der Waals surface area contributed by atoms with Crippen LogP contribution in [0.4, 0.5) is 4.79 Å². The van der Waals surface area contributed by atoms with Crippen molar-refractivity contribution in [1.29, 1.82) is 0 Å². The number of rotatable bonds is 6. The Labute approximate surface area is 164 Å². The molecule has 1 fully saturated rings. The topological polar surface area (TPSA) is 89.7 Å². The summed E-state index contributed by atoms with van der Waals surface area (Å²) in [6.45, 7) is -0.0546. The van der Waals surface area contributed by atoms with Crippen molar-refractivity contribution in [2.24, 2.45) is 5.73 Å². The fourth-order valence-corrected chi connectivity index (χ4v) is 3.51. The highest BCUT2D eigenvalue weighted by Crippen LogP contribution is 2.34. The van der Waals surface area contributed by atoms with E-state index in [1.165, 1.54) is 4.90 Å². The zero-order valence-electron chi connectivity index (χ0n) is 14.1. The molecule has 1 heterocycles. The van der Waals surface area contributed by atoms with Gasteiger partial charge in [-0.15, -0.1) is 0 Å². The average molecular weight is 403 g/mol. The maximum absolute atomic E-state index is 12.6. The number of halogens is 1. The standard InChI is InChI=1S/C19H15ClN2O4S/c20-14-8-13(6-7-15(14)26-11-17(21)23)9-16-18(24)22(19(25)27-16)10-12-4-2-1-3-5-12/h1-9H,10-11H2,(H2,21,23). The molecule has 0 aromatic heterocycles. The fraction of sp³-hybridized carbons (Fsp3) is 0.105. The lowest BCUT2D eigenvalue weighted by molar-refractivity contribution is -0.123. The van der Waals surface area contributed by atoms with Gasteiger partial charge in [0.05, 0.1) is 16.5 Å². The van der Waals surface area contributed by atoms with Crippen LogP contribution in [-0.4, -0.2) is 28.6 Å². The van der Waals surface area contributed by atoms with Gasteiger partial charge in [0, 0.05) is 0 Å². The first-order chi connectivity index (χ1) is 12.9. The summed E-state index contributed by atoms with van der Waals surface area (Å²) in [5.41, 5.74) is 6.54. The molecular weight excluding hydrogens is 388 g/mol. The normalized spacial score (nSPS) is 15.4. The second kappa shape index (κ2) is 8.28. The van der Waals surface area contributed by atoms with Crippen LogP contribution >= 0.6 is 23.4 Å². The smallest absolute Gasteiger partial charge is 0.293 e. The van der Waals surface area contributed by atoms with Crippen molar-refractivity contribution >= 4 is 46.5 Å². The van der Waals surface area contributed by atoms with Crippen molar-refractivity contribution in [1.82, 2.24) is 4.90 Å². The molecular formula is C19H15ClN2O4S. The number of primary amides is 1. The molecule has 2 aromatic carbocycles. The SMILES string of the molecule is NC(=O)COc1ccc(C=C2SC(=O)N(Cc3ccccc3)C2=O)cc1Cl. The molecule has 2 N–H and O–H groups in total. The van der Waals surface area contributed by atoms with Gasteiger partial charge in [0.1, 0.15) is 5.75 Å². The Morgan fingerprint density at radius 1 is 1.19 bits per heavy atom. The largest absolute Gasteiger partial charge is 0.482 e. The van der Waals surface area contributed by atoms with Gasteiger partial charge in [0.25, 0.3) is 17.1 Å². The summed E-state index contributed by atoms with van der Waals surface area (Å²) < 4.78 is 5.18. The van der Waals surface area contributed by atoms with Crippen LogP contribution < -0.4 is 10.5 Å². The molecule has 8 heteroatoms. The Kier molecular flexibility index (Phi) is 5.83. The van der Waals surface area contributed by atoms with E-state index in [1.807, 2.05) is 30.3 Å². The Hall–Kier alpha value is -2.77. The first kappa shape index (κ1) is 19.0. The van der Waals surface area contributed by atoms with E-state index in [4.69, 9.17) is 22.1 Å². The molecule has 3 amide bonds. The van der Waals surface area contributed by atoms with Crippen LogP contribution in [0.25, 0.3) is 6.08 Å². The van der Waals surface area contributed by atoms with E-state index in [1.54, 1.807) is 24.3 Å². The number of hydrogen-bond donors (Lipinski definition) is 1. The van der Waals surface area contributed by atoms with Crippen molar-refractivity contribution in [3.8, 4) is 5.75 Å². The molecule has 3 rings (SSSR count). The molecule has 0 radical (unpaired) electrons. The van der Waals surface area contributed by atoms with E-state index in [-0.39, 0.29) is 29.3 Å². The van der Waals surface area contributed by atoms with Crippen LogP contribution in [0.15, 0.2) is 53.4 Å². The number of imide groups is 1. The first-order valence-electron chi connectivity index (χ1n) is 7.94.